The van der Waals surface area contributed by atoms with Crippen LogP contribution in [0.2, 0.25) is 0 Å². The van der Waals surface area contributed by atoms with Gasteiger partial charge in [-0.1, -0.05) is 17.2 Å². The van der Waals surface area contributed by atoms with Crippen molar-refractivity contribution in [3.8, 4) is 0 Å². The molecule has 27 heavy (non-hydrogen) atoms. The number of hydrogen-bond acceptors (Lipinski definition) is 7. The Hall–Kier alpha value is -3.14. The molecule has 0 saturated heterocycles. The number of benzene rings is 1. The van der Waals surface area contributed by atoms with Gasteiger partial charge in [0.25, 0.3) is 5.91 Å². The first kappa shape index (κ1) is 18.6. The maximum atomic E-state index is 12.9. The van der Waals surface area contributed by atoms with Crippen LogP contribution in [0.25, 0.3) is 0 Å². The molecule has 0 bridgehead atoms. The van der Waals surface area contributed by atoms with E-state index in [1.165, 1.54) is 36.7 Å². The van der Waals surface area contributed by atoms with E-state index in [0.29, 0.717) is 11.1 Å². The molecule has 1 aromatic carbocycles. The minimum Gasteiger partial charge on any atom is -0.412 e. The molecule has 0 aliphatic heterocycles. The van der Waals surface area contributed by atoms with Gasteiger partial charge in [0.05, 0.1) is 5.75 Å². The Morgan fingerprint density at radius 2 is 1.78 bits per heavy atom. The number of nitrogens with one attached hydrogen (secondary N) is 1. The highest BCUT2D eigenvalue weighted by molar-refractivity contribution is 7.90. The summed E-state index contributed by atoms with van der Waals surface area (Å²) in [6.45, 7) is 0.195. The highest BCUT2D eigenvalue weighted by atomic mass is 32.2. The summed E-state index contributed by atoms with van der Waals surface area (Å²) in [6.07, 6.45) is 3.19. The highest BCUT2D eigenvalue weighted by Crippen LogP contribution is 2.16. The second-order valence-electron chi connectivity index (χ2n) is 5.59. The van der Waals surface area contributed by atoms with Gasteiger partial charge in [0.2, 0.25) is 15.7 Å². The lowest BCUT2D eigenvalue weighted by atomic mass is 10.2. The summed E-state index contributed by atoms with van der Waals surface area (Å²) >= 11 is 0. The molecule has 0 aliphatic carbocycles. The molecule has 1 amide bonds. The third-order valence-electron chi connectivity index (χ3n) is 3.55. The molecule has 0 unspecified atom stereocenters. The second kappa shape index (κ2) is 8.04. The summed E-state index contributed by atoms with van der Waals surface area (Å²) in [5.41, 5.74) is 0.860. The summed E-state index contributed by atoms with van der Waals surface area (Å²) in [7, 11) is -3.85. The van der Waals surface area contributed by atoms with Crippen molar-refractivity contribution < 1.29 is 22.0 Å². The van der Waals surface area contributed by atoms with Crippen molar-refractivity contribution in [1.29, 1.82) is 0 Å². The normalized spacial score (nSPS) is 11.3. The summed E-state index contributed by atoms with van der Waals surface area (Å²) in [4.78, 5) is 15.7. The number of aromatic nitrogens is 3. The van der Waals surface area contributed by atoms with Crippen molar-refractivity contribution in [3.63, 3.8) is 0 Å². The van der Waals surface area contributed by atoms with Gasteiger partial charge >= 0.3 is 5.22 Å². The summed E-state index contributed by atoms with van der Waals surface area (Å²) in [5, 5.41) is 9.40. The lowest BCUT2D eigenvalue weighted by molar-refractivity contribution is 0.0953. The number of carbonyl (C=O) groups excluding carboxylic acids is 1. The van der Waals surface area contributed by atoms with Crippen molar-refractivity contribution in [1.82, 2.24) is 20.5 Å². The average Bonchev–Trinajstić information content (AvgIpc) is 3.14. The molecular formula is C17H15FN4O4S. The van der Waals surface area contributed by atoms with Gasteiger partial charge in [-0.2, -0.15) is 0 Å². The summed E-state index contributed by atoms with van der Waals surface area (Å²) in [5.74, 6) is -1.04. The minimum absolute atomic E-state index is 0.0858. The Balaban J connectivity index is 1.57. The molecule has 0 spiro atoms. The molecule has 0 saturated carbocycles. The number of pyridine rings is 1. The summed E-state index contributed by atoms with van der Waals surface area (Å²) < 4.78 is 42.7. The maximum Gasteiger partial charge on any atom is 0.335 e. The first-order valence-corrected chi connectivity index (χ1v) is 9.57. The van der Waals surface area contributed by atoms with Crippen LogP contribution in [0.3, 0.4) is 0 Å². The zero-order chi connectivity index (χ0) is 19.3. The predicted octanol–water partition coefficient (Wildman–Crippen LogP) is 1.55. The van der Waals surface area contributed by atoms with E-state index in [0.717, 1.165) is 0 Å². The molecule has 140 valence electrons. The molecule has 10 heteroatoms. The fraction of sp³-hybridized carbons (Fsp3) is 0.176. The Morgan fingerprint density at radius 1 is 1.07 bits per heavy atom. The van der Waals surface area contributed by atoms with E-state index in [4.69, 9.17) is 4.42 Å². The van der Waals surface area contributed by atoms with E-state index in [2.05, 4.69) is 20.5 Å². The van der Waals surface area contributed by atoms with Crippen molar-refractivity contribution >= 4 is 15.7 Å². The third-order valence-corrected chi connectivity index (χ3v) is 4.96. The smallest absolute Gasteiger partial charge is 0.335 e. The van der Waals surface area contributed by atoms with Gasteiger partial charge in [-0.15, -0.1) is 5.10 Å². The van der Waals surface area contributed by atoms with Crippen LogP contribution < -0.4 is 5.32 Å². The van der Waals surface area contributed by atoms with Gasteiger partial charge < -0.3 is 9.73 Å². The molecule has 1 N–H and O–H groups in total. The molecule has 0 fully saturated rings. The first-order valence-electron chi connectivity index (χ1n) is 7.92. The zero-order valence-corrected chi connectivity index (χ0v) is 14.8. The number of sulfone groups is 1. The van der Waals surface area contributed by atoms with Crippen molar-refractivity contribution in [2.75, 3.05) is 6.54 Å². The van der Waals surface area contributed by atoms with Gasteiger partial charge in [0, 0.05) is 30.9 Å². The fourth-order valence-corrected chi connectivity index (χ4v) is 3.36. The van der Waals surface area contributed by atoms with Crippen molar-refractivity contribution in [3.05, 3.63) is 71.6 Å². The molecule has 8 nitrogen and oxygen atoms in total. The molecular weight excluding hydrogens is 375 g/mol. The van der Waals surface area contributed by atoms with Crippen LogP contribution in [-0.2, 0) is 22.0 Å². The van der Waals surface area contributed by atoms with E-state index >= 15 is 0 Å². The Labute approximate surface area is 154 Å². The minimum atomic E-state index is -3.85. The van der Waals surface area contributed by atoms with Gasteiger partial charge in [-0.3, -0.25) is 9.78 Å². The highest BCUT2D eigenvalue weighted by Gasteiger charge is 2.23. The quantitative estimate of drug-likeness (QED) is 0.651. The molecule has 3 aromatic rings. The number of rotatable bonds is 7. The molecule has 3 rings (SSSR count). The van der Waals surface area contributed by atoms with E-state index in [1.54, 1.807) is 12.1 Å². The topological polar surface area (TPSA) is 115 Å². The molecule has 2 heterocycles. The van der Waals surface area contributed by atoms with Crippen LogP contribution in [0, 0.1) is 5.82 Å². The number of hydrogen-bond donors (Lipinski definition) is 1. The van der Waals surface area contributed by atoms with Crippen LogP contribution in [0.5, 0.6) is 0 Å². The monoisotopic (exact) mass is 390 g/mol. The number of carbonyl (C=O) groups is 1. The van der Waals surface area contributed by atoms with Gasteiger partial charge in [0.1, 0.15) is 5.82 Å². The maximum absolute atomic E-state index is 12.9. The average molecular weight is 390 g/mol. The lowest BCUT2D eigenvalue weighted by Gasteiger charge is -2.02. The Kier molecular flexibility index (Phi) is 5.55. The lowest BCUT2D eigenvalue weighted by Crippen LogP contribution is -2.25. The largest absolute Gasteiger partial charge is 0.412 e. The van der Waals surface area contributed by atoms with E-state index < -0.39 is 20.9 Å². The third kappa shape index (κ3) is 4.94. The molecule has 2 aromatic heterocycles. The predicted molar refractivity (Wildman–Crippen MR) is 91.9 cm³/mol. The first-order chi connectivity index (χ1) is 12.9. The number of amides is 1. The van der Waals surface area contributed by atoms with Crippen molar-refractivity contribution in [2.45, 2.75) is 17.4 Å². The molecule has 0 atom stereocenters. The van der Waals surface area contributed by atoms with Gasteiger partial charge in [0.15, 0.2) is 0 Å². The fourth-order valence-electron chi connectivity index (χ4n) is 2.22. The van der Waals surface area contributed by atoms with Crippen LogP contribution in [0.1, 0.15) is 21.8 Å². The number of halogens is 1. The summed E-state index contributed by atoms with van der Waals surface area (Å²) in [6, 6.07) is 8.24. The van der Waals surface area contributed by atoms with Gasteiger partial charge in [-0.25, -0.2) is 12.8 Å². The standard InChI is InChI=1S/C17H15FN4O4S/c18-14-3-1-12(2-4-14)11-27(24,25)17-22-21-15(26-17)7-10-20-16(23)13-5-8-19-9-6-13/h1-6,8-9H,7,10-11H2,(H,20,23). The van der Waals surface area contributed by atoms with Gasteiger partial charge in [-0.05, 0) is 29.8 Å². The van der Waals surface area contributed by atoms with E-state index in [9.17, 15) is 17.6 Å². The van der Waals surface area contributed by atoms with Crippen LogP contribution in [-0.4, -0.2) is 36.1 Å². The van der Waals surface area contributed by atoms with Crippen molar-refractivity contribution in [2.24, 2.45) is 0 Å². The number of nitrogens with zero attached hydrogens (tertiary/aromatic N) is 3. The van der Waals surface area contributed by atoms with Crippen LogP contribution in [0.15, 0.2) is 58.4 Å². The molecule has 0 aliphatic rings. The SMILES string of the molecule is O=C(NCCc1nnc(S(=O)(=O)Cc2ccc(F)cc2)o1)c1ccncc1. The Bertz CT molecular complexity index is 1020. The second-order valence-corrected chi connectivity index (χ2v) is 7.46. The molecule has 0 radical (unpaired) electrons. The van der Waals surface area contributed by atoms with E-state index in [-0.39, 0.29) is 30.5 Å². The van der Waals surface area contributed by atoms with E-state index in [1.807, 2.05) is 0 Å². The van der Waals surface area contributed by atoms with Crippen LogP contribution in [0.4, 0.5) is 4.39 Å². The van der Waals surface area contributed by atoms with Crippen LogP contribution >= 0.6 is 0 Å². The zero-order valence-electron chi connectivity index (χ0n) is 14.0. The Morgan fingerprint density at radius 3 is 2.48 bits per heavy atom.